The maximum Gasteiger partial charge on any atom is 0.286 e. The Labute approximate surface area is 128 Å². The number of hydrogen-bond acceptors (Lipinski definition) is 4. The highest BCUT2D eigenvalue weighted by Gasteiger charge is 2.28. The summed E-state index contributed by atoms with van der Waals surface area (Å²) in [6, 6.07) is 6.99. The molecular weight excluding hydrogens is 286 g/mol. The zero-order valence-electron chi connectivity index (χ0n) is 11.9. The van der Waals surface area contributed by atoms with Crippen LogP contribution in [0, 0.1) is 0 Å². The number of carbonyl (C=O) groups is 1. The van der Waals surface area contributed by atoms with Gasteiger partial charge >= 0.3 is 0 Å². The average Bonchev–Trinajstić information content (AvgIpc) is 2.83. The molecule has 2 aliphatic heterocycles. The Morgan fingerprint density at radius 1 is 1.33 bits per heavy atom. The summed E-state index contributed by atoms with van der Waals surface area (Å²) in [4.78, 5) is 20.4. The van der Waals surface area contributed by atoms with Crippen molar-refractivity contribution in [1.82, 2.24) is 4.90 Å². The summed E-state index contributed by atoms with van der Waals surface area (Å²) >= 11 is 1.40. The van der Waals surface area contributed by atoms with Crippen molar-refractivity contribution < 1.29 is 14.8 Å². The van der Waals surface area contributed by atoms with Gasteiger partial charge in [0, 0.05) is 5.56 Å². The van der Waals surface area contributed by atoms with Crippen molar-refractivity contribution in [2.75, 3.05) is 33.2 Å². The van der Waals surface area contributed by atoms with Crippen LogP contribution >= 0.6 is 11.8 Å². The molecule has 0 saturated carbocycles. The normalized spacial score (nSPS) is 22.0. The second-order valence-corrected chi connectivity index (χ2v) is 6.32. The van der Waals surface area contributed by atoms with E-state index in [2.05, 4.69) is 16.9 Å². The summed E-state index contributed by atoms with van der Waals surface area (Å²) in [7, 11) is 2.18. The second-order valence-electron chi connectivity index (χ2n) is 5.31. The fraction of sp³-hybridized carbons (Fsp3) is 0.333. The smallest absolute Gasteiger partial charge is 0.286 e. The van der Waals surface area contributed by atoms with Gasteiger partial charge in [0.2, 0.25) is 0 Å². The van der Waals surface area contributed by atoms with Crippen LogP contribution in [0.25, 0.3) is 6.08 Å². The third-order valence-electron chi connectivity index (χ3n) is 3.72. The van der Waals surface area contributed by atoms with Gasteiger partial charge in [-0.1, -0.05) is 18.2 Å². The van der Waals surface area contributed by atoms with Crippen LogP contribution in [0.4, 0.5) is 0 Å². The first-order valence-corrected chi connectivity index (χ1v) is 7.82. The van der Waals surface area contributed by atoms with Gasteiger partial charge in [-0.05, 0) is 23.9 Å². The molecule has 0 bridgehead atoms. The number of nitrogens with one attached hydrogen (secondary N) is 1. The number of para-hydroxylation sites is 1. The molecule has 1 aromatic carbocycles. The Hall–Kier alpha value is -1.79. The van der Waals surface area contributed by atoms with Crippen molar-refractivity contribution in [2.24, 2.45) is 4.99 Å². The minimum absolute atomic E-state index is 0.176. The number of phenolic OH excluding ortho intramolecular Hbond substituents is 1. The van der Waals surface area contributed by atoms with Crippen LogP contribution < -0.4 is 4.90 Å². The fourth-order valence-corrected chi connectivity index (χ4v) is 3.32. The van der Waals surface area contributed by atoms with Crippen LogP contribution in [0.15, 0.2) is 34.2 Å². The molecule has 5 nitrogen and oxygen atoms in total. The van der Waals surface area contributed by atoms with Crippen LogP contribution in [-0.2, 0) is 4.79 Å². The van der Waals surface area contributed by atoms with E-state index < -0.39 is 0 Å². The molecule has 1 aromatic rings. The van der Waals surface area contributed by atoms with E-state index >= 15 is 0 Å². The van der Waals surface area contributed by atoms with Gasteiger partial charge in [-0.25, -0.2) is 0 Å². The summed E-state index contributed by atoms with van der Waals surface area (Å²) in [5.41, 5.74) is 0.646. The molecule has 0 spiro atoms. The highest BCUT2D eigenvalue weighted by molar-refractivity contribution is 8.18. The summed E-state index contributed by atoms with van der Waals surface area (Å²) in [6.07, 6.45) is 1.71. The zero-order chi connectivity index (χ0) is 14.8. The molecule has 0 unspecified atom stereocenters. The highest BCUT2D eigenvalue weighted by Crippen LogP contribution is 2.31. The van der Waals surface area contributed by atoms with Crippen molar-refractivity contribution >= 4 is 28.9 Å². The van der Waals surface area contributed by atoms with Crippen LogP contribution in [0.1, 0.15) is 5.56 Å². The molecule has 0 atom stereocenters. The van der Waals surface area contributed by atoms with E-state index in [-0.39, 0.29) is 11.7 Å². The molecule has 1 fully saturated rings. The number of piperazine rings is 1. The number of phenols is 1. The summed E-state index contributed by atoms with van der Waals surface area (Å²) < 4.78 is 0. The van der Waals surface area contributed by atoms with Gasteiger partial charge in [-0.2, -0.15) is 4.99 Å². The topological polar surface area (TPSA) is 57.3 Å². The molecule has 0 radical (unpaired) electrons. The number of amides is 1. The number of nitrogens with zero attached hydrogens (tertiary/aromatic N) is 2. The predicted molar refractivity (Wildman–Crippen MR) is 84.3 cm³/mol. The largest absolute Gasteiger partial charge is 0.507 e. The molecule has 6 heteroatoms. The lowest BCUT2D eigenvalue weighted by Crippen LogP contribution is -3.12. The number of likely N-dealkylation sites (N-methyl/N-ethyl adjacent to an activating group) is 1. The lowest BCUT2D eigenvalue weighted by atomic mass is 10.2. The van der Waals surface area contributed by atoms with Crippen molar-refractivity contribution in [3.8, 4) is 5.75 Å². The molecule has 21 heavy (non-hydrogen) atoms. The first kappa shape index (κ1) is 14.2. The number of hydrogen-bond donors (Lipinski definition) is 2. The third kappa shape index (κ3) is 3.11. The van der Waals surface area contributed by atoms with E-state index in [1.807, 2.05) is 6.07 Å². The van der Waals surface area contributed by atoms with E-state index in [1.54, 1.807) is 24.3 Å². The number of amidine groups is 1. The summed E-state index contributed by atoms with van der Waals surface area (Å²) in [5, 5.41) is 10.6. The monoisotopic (exact) mass is 304 g/mol. The van der Waals surface area contributed by atoms with Gasteiger partial charge in [0.25, 0.3) is 5.91 Å². The van der Waals surface area contributed by atoms with E-state index in [9.17, 15) is 9.90 Å². The van der Waals surface area contributed by atoms with Gasteiger partial charge in [0.05, 0.1) is 38.1 Å². The number of aromatic hydroxyl groups is 1. The summed E-state index contributed by atoms with van der Waals surface area (Å²) in [6.45, 7) is 3.97. The molecule has 2 heterocycles. The van der Waals surface area contributed by atoms with E-state index in [0.717, 1.165) is 31.3 Å². The second kappa shape index (κ2) is 5.91. The maximum atomic E-state index is 12.0. The molecule has 2 N–H and O–H groups in total. The van der Waals surface area contributed by atoms with E-state index in [1.165, 1.54) is 16.7 Å². The average molecular weight is 304 g/mol. The minimum Gasteiger partial charge on any atom is -0.507 e. The molecule has 3 rings (SSSR count). The molecule has 1 saturated heterocycles. The van der Waals surface area contributed by atoms with E-state index in [4.69, 9.17) is 0 Å². The number of aliphatic imine (C=N–C) groups is 1. The predicted octanol–water partition coefficient (Wildman–Crippen LogP) is 0.193. The maximum absolute atomic E-state index is 12.0. The van der Waals surface area contributed by atoms with Gasteiger partial charge in [-0.15, -0.1) is 0 Å². The first-order chi connectivity index (χ1) is 10.1. The number of carbonyl (C=O) groups excluding carboxylic acids is 1. The number of thioether (sulfide) groups is 1. The Kier molecular flexibility index (Phi) is 3.98. The Morgan fingerprint density at radius 2 is 2.05 bits per heavy atom. The number of rotatable bonds is 1. The SMILES string of the molecule is C[NH+]1CCN(C2=NC(=O)C(=Cc3ccccc3O)S2)CC1. The number of quaternary nitrogens is 1. The number of benzene rings is 1. The Morgan fingerprint density at radius 3 is 2.76 bits per heavy atom. The van der Waals surface area contributed by atoms with Gasteiger partial charge in [-0.3, -0.25) is 4.79 Å². The molecular formula is C15H18N3O2S+. The third-order valence-corrected chi connectivity index (χ3v) is 4.76. The highest BCUT2D eigenvalue weighted by atomic mass is 32.2. The van der Waals surface area contributed by atoms with Crippen LogP contribution in [0.3, 0.4) is 0 Å². The van der Waals surface area contributed by atoms with Crippen LogP contribution in [0.5, 0.6) is 5.75 Å². The molecule has 2 aliphatic rings. The van der Waals surface area contributed by atoms with Crippen molar-refractivity contribution in [1.29, 1.82) is 0 Å². The van der Waals surface area contributed by atoms with Gasteiger partial charge in [0.15, 0.2) is 5.17 Å². The molecule has 0 aromatic heterocycles. The van der Waals surface area contributed by atoms with Crippen molar-refractivity contribution in [2.45, 2.75) is 0 Å². The lowest BCUT2D eigenvalue weighted by molar-refractivity contribution is -0.883. The summed E-state index contributed by atoms with van der Waals surface area (Å²) in [5.74, 6) is -0.0421. The molecule has 0 aliphatic carbocycles. The van der Waals surface area contributed by atoms with Crippen molar-refractivity contribution in [3.63, 3.8) is 0 Å². The van der Waals surface area contributed by atoms with Crippen molar-refractivity contribution in [3.05, 3.63) is 34.7 Å². The molecule has 110 valence electrons. The quantitative estimate of drug-likeness (QED) is 0.728. The Bertz CT molecular complexity index is 619. The fourth-order valence-electron chi connectivity index (χ4n) is 2.36. The zero-order valence-corrected chi connectivity index (χ0v) is 12.7. The van der Waals surface area contributed by atoms with Crippen LogP contribution in [-0.4, -0.2) is 54.3 Å². The van der Waals surface area contributed by atoms with Gasteiger partial charge in [0.1, 0.15) is 5.75 Å². The van der Waals surface area contributed by atoms with E-state index in [0.29, 0.717) is 10.5 Å². The lowest BCUT2D eigenvalue weighted by Gasteiger charge is -2.30. The molecule has 1 amide bonds. The standard InChI is InChI=1S/C15H17N3O2S/c1-17-6-8-18(9-7-17)15-16-14(20)13(21-15)10-11-4-2-3-5-12(11)19/h2-5,10,19H,6-9H2,1H3/p+1. The minimum atomic E-state index is -0.218. The first-order valence-electron chi connectivity index (χ1n) is 7.00. The van der Waals surface area contributed by atoms with Crippen LogP contribution in [0.2, 0.25) is 0 Å². The Balaban J connectivity index is 1.74. The van der Waals surface area contributed by atoms with Gasteiger partial charge < -0.3 is 14.9 Å².